The van der Waals surface area contributed by atoms with E-state index in [9.17, 15) is 9.59 Å². The summed E-state index contributed by atoms with van der Waals surface area (Å²) in [7, 11) is 3.79. The third kappa shape index (κ3) is 1.29. The topological polar surface area (TPSA) is 61.4 Å². The molecule has 0 bridgehead atoms. The van der Waals surface area contributed by atoms with E-state index >= 15 is 0 Å². The third-order valence-corrected chi connectivity index (χ3v) is 2.72. The maximum atomic E-state index is 11.4. The molecule has 2 aliphatic heterocycles. The van der Waals surface area contributed by atoms with Crippen molar-refractivity contribution >= 4 is 11.9 Å². The summed E-state index contributed by atoms with van der Waals surface area (Å²) < 4.78 is 0. The number of carbonyl (C=O) groups is 2. The smallest absolute Gasteiger partial charge is 0.322 e. The molecule has 1 spiro atoms. The van der Waals surface area contributed by atoms with Crippen LogP contribution >= 0.6 is 0 Å². The van der Waals surface area contributed by atoms with E-state index in [1.54, 1.807) is 0 Å². The number of carbonyl (C=O) groups excluding carboxylic acids is 2. The zero-order chi connectivity index (χ0) is 9.47. The Labute approximate surface area is 76.5 Å². The monoisotopic (exact) mass is 182 g/mol. The van der Waals surface area contributed by atoms with Crippen LogP contribution in [0.2, 0.25) is 0 Å². The van der Waals surface area contributed by atoms with Crippen molar-refractivity contribution in [1.29, 1.82) is 0 Å². The second-order valence-electron chi connectivity index (χ2n) is 3.61. The van der Waals surface area contributed by atoms with Crippen molar-refractivity contribution in [2.24, 2.45) is 0 Å². The Bertz CT molecular complexity index is 256. The zero-order valence-corrected chi connectivity index (χ0v) is 7.30. The number of nitrogens with one attached hydrogen (secondary N) is 2. The summed E-state index contributed by atoms with van der Waals surface area (Å²) >= 11 is 0. The van der Waals surface area contributed by atoms with E-state index in [1.807, 2.05) is 4.90 Å². The predicted molar refractivity (Wildman–Crippen MR) is 45.6 cm³/mol. The van der Waals surface area contributed by atoms with Gasteiger partial charge in [0.2, 0.25) is 0 Å². The molecule has 0 atom stereocenters. The molecule has 0 aromatic heterocycles. The molecule has 2 fully saturated rings. The summed E-state index contributed by atoms with van der Waals surface area (Å²) in [6.07, 6.45) is 1.29. The van der Waals surface area contributed by atoms with Gasteiger partial charge in [-0.15, -0.1) is 0 Å². The van der Waals surface area contributed by atoms with Crippen LogP contribution in [0.1, 0.15) is 12.8 Å². The molecule has 72 valence electrons. The number of piperidine rings is 1. The van der Waals surface area contributed by atoms with Gasteiger partial charge in [-0.3, -0.25) is 17.2 Å². The maximum absolute atomic E-state index is 11.4. The number of hydrogen-bond acceptors (Lipinski definition) is 3. The van der Waals surface area contributed by atoms with Crippen LogP contribution in [0.5, 0.6) is 0 Å². The Balaban J connectivity index is 2.13. The van der Waals surface area contributed by atoms with E-state index in [0.29, 0.717) is 12.8 Å². The number of hydrogen-bond donors (Lipinski definition) is 2. The molecule has 2 saturated heterocycles. The molecule has 2 heterocycles. The first kappa shape index (κ1) is 8.50. The number of rotatable bonds is 0. The Hall–Kier alpha value is -1.10. The highest BCUT2D eigenvalue weighted by Gasteiger charge is 2.46. The quantitative estimate of drug-likeness (QED) is 0.390. The summed E-state index contributed by atoms with van der Waals surface area (Å²) in [5.74, 6) is -0.189. The molecule has 13 heavy (non-hydrogen) atoms. The fourth-order valence-corrected chi connectivity index (χ4v) is 1.81. The van der Waals surface area contributed by atoms with Gasteiger partial charge >= 0.3 is 6.03 Å². The van der Waals surface area contributed by atoms with E-state index < -0.39 is 5.54 Å². The summed E-state index contributed by atoms with van der Waals surface area (Å²) in [5, 5.41) is 4.95. The van der Waals surface area contributed by atoms with E-state index in [-0.39, 0.29) is 11.9 Å². The molecule has 3 amide bonds. The van der Waals surface area contributed by atoms with Crippen molar-refractivity contribution in [3.8, 4) is 0 Å². The zero-order valence-electron chi connectivity index (χ0n) is 7.30. The molecule has 2 rings (SSSR count). The maximum Gasteiger partial charge on any atom is 0.322 e. The van der Waals surface area contributed by atoms with E-state index in [0.717, 1.165) is 13.1 Å². The lowest BCUT2D eigenvalue weighted by Gasteiger charge is -2.39. The highest BCUT2D eigenvalue weighted by Crippen LogP contribution is 2.24. The Morgan fingerprint density at radius 2 is 1.92 bits per heavy atom. The fraction of sp³-hybridized carbons (Fsp3) is 0.625. The molecular weight excluding hydrogens is 170 g/mol. The SMILES string of the molecule is [CH2-]N1CCC2(CC1)NC(=O)NC2=O. The number of nitrogens with zero attached hydrogens (tertiary/aromatic N) is 1. The molecule has 0 aliphatic carbocycles. The Morgan fingerprint density at radius 3 is 2.38 bits per heavy atom. The first-order valence-corrected chi connectivity index (χ1v) is 4.31. The average molecular weight is 182 g/mol. The molecule has 5 nitrogen and oxygen atoms in total. The van der Waals surface area contributed by atoms with Gasteiger partial charge in [-0.05, 0) is 25.9 Å². The Morgan fingerprint density at radius 1 is 1.31 bits per heavy atom. The summed E-state index contributed by atoms with van der Waals surface area (Å²) in [5.41, 5.74) is -0.648. The predicted octanol–water partition coefficient (Wildman–Crippen LogP) is -0.548. The van der Waals surface area contributed by atoms with Gasteiger partial charge in [0, 0.05) is 0 Å². The number of amides is 3. The first-order chi connectivity index (χ1) is 6.12. The minimum absolute atomic E-state index is 0.189. The molecule has 0 aromatic rings. The van der Waals surface area contributed by atoms with Gasteiger partial charge in [0.15, 0.2) is 0 Å². The Kier molecular flexibility index (Phi) is 1.76. The average Bonchev–Trinajstić information content (AvgIpc) is 2.34. The van der Waals surface area contributed by atoms with E-state index in [4.69, 9.17) is 0 Å². The number of urea groups is 1. The van der Waals surface area contributed by atoms with Crippen molar-refractivity contribution in [3.63, 3.8) is 0 Å². The van der Waals surface area contributed by atoms with Gasteiger partial charge in [-0.1, -0.05) is 0 Å². The molecule has 0 unspecified atom stereocenters. The lowest BCUT2D eigenvalue weighted by Crippen LogP contribution is -2.53. The highest BCUT2D eigenvalue weighted by molar-refractivity contribution is 6.07. The molecule has 0 radical (unpaired) electrons. The molecule has 5 heteroatoms. The van der Waals surface area contributed by atoms with Gasteiger partial charge in [0.05, 0.1) is 0 Å². The largest absolute Gasteiger partial charge is 0.459 e. The number of likely N-dealkylation sites (tertiary alicyclic amines) is 1. The van der Waals surface area contributed by atoms with Gasteiger partial charge in [0.25, 0.3) is 5.91 Å². The van der Waals surface area contributed by atoms with Crippen molar-refractivity contribution in [2.75, 3.05) is 13.1 Å². The van der Waals surface area contributed by atoms with Crippen molar-refractivity contribution in [2.45, 2.75) is 18.4 Å². The van der Waals surface area contributed by atoms with E-state index in [1.165, 1.54) is 0 Å². The van der Waals surface area contributed by atoms with Gasteiger partial charge in [0.1, 0.15) is 5.54 Å². The summed E-state index contributed by atoms with van der Waals surface area (Å²) in [6.45, 7) is 1.49. The lowest BCUT2D eigenvalue weighted by molar-refractivity contribution is -0.125. The van der Waals surface area contributed by atoms with E-state index in [2.05, 4.69) is 17.7 Å². The number of imide groups is 1. The first-order valence-electron chi connectivity index (χ1n) is 4.31. The van der Waals surface area contributed by atoms with Crippen LogP contribution in [0, 0.1) is 7.05 Å². The van der Waals surface area contributed by atoms with Gasteiger partial charge in [-0.2, -0.15) is 0 Å². The second kappa shape index (κ2) is 2.70. The molecule has 2 aliphatic rings. The highest BCUT2D eigenvalue weighted by atomic mass is 16.2. The minimum Gasteiger partial charge on any atom is -0.459 e. The van der Waals surface area contributed by atoms with Crippen LogP contribution in [-0.4, -0.2) is 35.5 Å². The van der Waals surface area contributed by atoms with Gasteiger partial charge < -0.3 is 10.2 Å². The fourth-order valence-electron chi connectivity index (χ4n) is 1.81. The van der Waals surface area contributed by atoms with Crippen LogP contribution in [0.4, 0.5) is 4.79 Å². The van der Waals surface area contributed by atoms with Crippen molar-refractivity contribution in [1.82, 2.24) is 15.5 Å². The van der Waals surface area contributed by atoms with Gasteiger partial charge in [-0.25, -0.2) is 4.79 Å². The molecule has 2 N–H and O–H groups in total. The lowest BCUT2D eigenvalue weighted by atomic mass is 9.88. The summed E-state index contributed by atoms with van der Waals surface area (Å²) in [6, 6.07) is -0.373. The van der Waals surface area contributed by atoms with Crippen molar-refractivity contribution in [3.05, 3.63) is 7.05 Å². The van der Waals surface area contributed by atoms with Crippen LogP contribution in [0.3, 0.4) is 0 Å². The minimum atomic E-state index is -0.648. The second-order valence-corrected chi connectivity index (χ2v) is 3.61. The van der Waals surface area contributed by atoms with Crippen molar-refractivity contribution < 1.29 is 9.59 Å². The van der Waals surface area contributed by atoms with Crippen LogP contribution in [-0.2, 0) is 4.79 Å². The van der Waals surface area contributed by atoms with Crippen LogP contribution in [0.25, 0.3) is 0 Å². The van der Waals surface area contributed by atoms with Crippen LogP contribution in [0.15, 0.2) is 0 Å². The standard InChI is InChI=1S/C8H12N3O2/c1-11-4-2-8(3-5-11)6(12)9-7(13)10-8/h1-5H2,(H2,9,10,12,13)/q-1. The summed E-state index contributed by atoms with van der Waals surface area (Å²) in [4.78, 5) is 24.3. The molecular formula is C8H12N3O2-. The molecule has 0 aromatic carbocycles. The normalized spacial score (nSPS) is 27.5. The third-order valence-electron chi connectivity index (χ3n) is 2.72. The van der Waals surface area contributed by atoms with Crippen LogP contribution < -0.4 is 10.6 Å². The molecule has 0 saturated carbocycles.